The standard InChI is InChI=1S/C23H31FN4O3/c1-16(2)11-18-12-20(27(3)26-18)22(30)28-10-4-9-23(14-28,13-21(25)29)15-31-19-7-5-17(24)6-8-19/h5-8,12,16H,4,9-11,13-15H2,1-3H3,(H2,25,29)/t23-/m1/s1. The number of nitrogens with two attached hydrogens (primary N) is 1. The lowest BCUT2D eigenvalue weighted by Crippen LogP contribution is -2.50. The Morgan fingerprint density at radius 1 is 1.29 bits per heavy atom. The first-order valence-corrected chi connectivity index (χ1v) is 10.7. The van der Waals surface area contributed by atoms with E-state index < -0.39 is 11.3 Å². The maximum atomic E-state index is 13.3. The van der Waals surface area contributed by atoms with Crippen LogP contribution < -0.4 is 10.5 Å². The predicted molar refractivity (Wildman–Crippen MR) is 115 cm³/mol. The van der Waals surface area contributed by atoms with Gasteiger partial charge in [0.25, 0.3) is 5.91 Å². The Hall–Kier alpha value is -2.90. The number of carbonyl (C=O) groups excluding carboxylic acids is 2. The molecule has 168 valence electrons. The molecule has 2 N–H and O–H groups in total. The zero-order valence-corrected chi connectivity index (χ0v) is 18.4. The molecule has 1 saturated heterocycles. The Bertz CT molecular complexity index is 925. The monoisotopic (exact) mass is 430 g/mol. The number of nitrogens with zero attached hydrogens (tertiary/aromatic N) is 3. The molecule has 0 aliphatic carbocycles. The van der Waals surface area contributed by atoms with Crippen LogP contribution in [0.15, 0.2) is 30.3 Å². The fraction of sp³-hybridized carbons (Fsp3) is 0.522. The number of aromatic nitrogens is 2. The molecule has 1 aliphatic heterocycles. The van der Waals surface area contributed by atoms with E-state index in [4.69, 9.17) is 10.5 Å². The molecule has 0 radical (unpaired) electrons. The van der Waals surface area contributed by atoms with Gasteiger partial charge in [-0.25, -0.2) is 4.39 Å². The molecule has 0 unspecified atom stereocenters. The van der Waals surface area contributed by atoms with Gasteiger partial charge in [0.1, 0.15) is 17.3 Å². The first kappa shape index (κ1) is 22.8. The molecule has 2 aromatic rings. The molecule has 1 aromatic heterocycles. The zero-order valence-electron chi connectivity index (χ0n) is 18.4. The van der Waals surface area contributed by atoms with E-state index in [1.807, 2.05) is 6.07 Å². The summed E-state index contributed by atoms with van der Waals surface area (Å²) < 4.78 is 20.7. The molecular weight excluding hydrogens is 399 g/mol. The number of amides is 2. The molecule has 2 amide bonds. The molecular formula is C23H31FN4O3. The highest BCUT2D eigenvalue weighted by molar-refractivity contribution is 5.93. The van der Waals surface area contributed by atoms with E-state index in [0.717, 1.165) is 18.5 Å². The molecule has 7 nitrogen and oxygen atoms in total. The third-order valence-electron chi connectivity index (χ3n) is 5.62. The molecule has 8 heteroatoms. The number of primary amides is 1. The molecule has 0 bridgehead atoms. The largest absolute Gasteiger partial charge is 0.493 e. The number of aryl methyl sites for hydroxylation is 1. The number of hydrogen-bond acceptors (Lipinski definition) is 4. The SMILES string of the molecule is CC(C)Cc1cc(C(=O)N2CCC[C@@](COc3ccc(F)cc3)(CC(N)=O)C2)n(C)n1. The van der Waals surface area contributed by atoms with Gasteiger partial charge in [0.2, 0.25) is 5.91 Å². The second-order valence-electron chi connectivity index (χ2n) is 8.96. The molecule has 1 fully saturated rings. The Kier molecular flexibility index (Phi) is 6.97. The predicted octanol–water partition coefficient (Wildman–Crippen LogP) is 2.93. The van der Waals surface area contributed by atoms with Gasteiger partial charge in [0.15, 0.2) is 0 Å². The van der Waals surface area contributed by atoms with Gasteiger partial charge in [-0.1, -0.05) is 13.8 Å². The minimum absolute atomic E-state index is 0.111. The number of benzene rings is 1. The topological polar surface area (TPSA) is 90.5 Å². The number of rotatable bonds is 8. The molecule has 1 aromatic carbocycles. The number of halogens is 1. The van der Waals surface area contributed by atoms with Crippen molar-refractivity contribution in [2.45, 2.75) is 39.5 Å². The van der Waals surface area contributed by atoms with Gasteiger partial charge < -0.3 is 15.4 Å². The van der Waals surface area contributed by atoms with Gasteiger partial charge in [-0.15, -0.1) is 0 Å². The molecule has 3 rings (SSSR count). The van der Waals surface area contributed by atoms with Gasteiger partial charge >= 0.3 is 0 Å². The number of hydrogen-bond donors (Lipinski definition) is 1. The number of likely N-dealkylation sites (tertiary alicyclic amines) is 1. The number of piperidine rings is 1. The third-order valence-corrected chi connectivity index (χ3v) is 5.62. The van der Waals surface area contributed by atoms with Crippen LogP contribution in [0.5, 0.6) is 5.75 Å². The molecule has 2 heterocycles. The van der Waals surface area contributed by atoms with Gasteiger partial charge in [-0.3, -0.25) is 14.3 Å². The van der Waals surface area contributed by atoms with Gasteiger partial charge in [0.05, 0.1) is 12.3 Å². The van der Waals surface area contributed by atoms with E-state index in [1.54, 1.807) is 28.8 Å². The van der Waals surface area contributed by atoms with Crippen LogP contribution in [0.1, 0.15) is 49.3 Å². The van der Waals surface area contributed by atoms with Crippen molar-refractivity contribution in [3.63, 3.8) is 0 Å². The summed E-state index contributed by atoms with van der Waals surface area (Å²) in [5, 5.41) is 4.47. The van der Waals surface area contributed by atoms with Crippen molar-refractivity contribution < 1.29 is 18.7 Å². The fourth-order valence-corrected chi connectivity index (χ4v) is 4.24. The smallest absolute Gasteiger partial charge is 0.272 e. The lowest BCUT2D eigenvalue weighted by atomic mass is 9.77. The summed E-state index contributed by atoms with van der Waals surface area (Å²) in [6.45, 7) is 5.40. The lowest BCUT2D eigenvalue weighted by Gasteiger charge is -2.42. The van der Waals surface area contributed by atoms with Crippen molar-refractivity contribution in [1.82, 2.24) is 14.7 Å². The van der Waals surface area contributed by atoms with Crippen LogP contribution in [0, 0.1) is 17.2 Å². The average molecular weight is 431 g/mol. The summed E-state index contributed by atoms with van der Waals surface area (Å²) in [5.74, 6) is 0.0667. The quantitative estimate of drug-likeness (QED) is 0.697. The summed E-state index contributed by atoms with van der Waals surface area (Å²) in [7, 11) is 1.77. The van der Waals surface area contributed by atoms with Gasteiger partial charge in [-0.2, -0.15) is 5.10 Å². The first-order chi connectivity index (χ1) is 14.7. The van der Waals surface area contributed by atoms with E-state index in [-0.39, 0.29) is 24.8 Å². The van der Waals surface area contributed by atoms with Crippen molar-refractivity contribution in [2.75, 3.05) is 19.7 Å². The van der Waals surface area contributed by atoms with Crippen LogP contribution in [-0.2, 0) is 18.3 Å². The van der Waals surface area contributed by atoms with Crippen LogP contribution in [0.25, 0.3) is 0 Å². The highest BCUT2D eigenvalue weighted by atomic mass is 19.1. The van der Waals surface area contributed by atoms with E-state index in [0.29, 0.717) is 36.9 Å². The maximum absolute atomic E-state index is 13.3. The van der Waals surface area contributed by atoms with Crippen LogP contribution in [0.4, 0.5) is 4.39 Å². The molecule has 31 heavy (non-hydrogen) atoms. The van der Waals surface area contributed by atoms with E-state index in [9.17, 15) is 14.0 Å². The lowest BCUT2D eigenvalue weighted by molar-refractivity contribution is -0.122. The second kappa shape index (κ2) is 9.49. The Morgan fingerprint density at radius 2 is 2.00 bits per heavy atom. The van der Waals surface area contributed by atoms with Crippen LogP contribution in [0.2, 0.25) is 0 Å². The summed E-state index contributed by atoms with van der Waals surface area (Å²) in [6.07, 6.45) is 2.37. The van der Waals surface area contributed by atoms with Crippen molar-refractivity contribution in [3.05, 3.63) is 47.5 Å². The van der Waals surface area contributed by atoms with E-state index >= 15 is 0 Å². The van der Waals surface area contributed by atoms with Crippen LogP contribution >= 0.6 is 0 Å². The van der Waals surface area contributed by atoms with Crippen molar-refractivity contribution in [2.24, 2.45) is 24.1 Å². The minimum atomic E-state index is -0.590. The van der Waals surface area contributed by atoms with Crippen molar-refractivity contribution in [1.29, 1.82) is 0 Å². The molecule has 0 saturated carbocycles. The van der Waals surface area contributed by atoms with Crippen molar-refractivity contribution in [3.8, 4) is 5.75 Å². The Labute approximate surface area is 182 Å². The minimum Gasteiger partial charge on any atom is -0.493 e. The van der Waals surface area contributed by atoms with E-state index in [1.165, 1.54) is 12.1 Å². The summed E-state index contributed by atoms with van der Waals surface area (Å²) in [5.41, 5.74) is 6.37. The summed E-state index contributed by atoms with van der Waals surface area (Å²) >= 11 is 0. The highest BCUT2D eigenvalue weighted by Crippen LogP contribution is 2.35. The zero-order chi connectivity index (χ0) is 22.6. The van der Waals surface area contributed by atoms with E-state index in [2.05, 4.69) is 18.9 Å². The summed E-state index contributed by atoms with van der Waals surface area (Å²) in [6, 6.07) is 7.59. The Balaban J connectivity index is 1.76. The average Bonchev–Trinajstić information content (AvgIpc) is 3.06. The first-order valence-electron chi connectivity index (χ1n) is 10.7. The number of ether oxygens (including phenoxy) is 1. The van der Waals surface area contributed by atoms with Gasteiger partial charge in [0, 0.05) is 32.0 Å². The second-order valence-corrected chi connectivity index (χ2v) is 8.96. The van der Waals surface area contributed by atoms with Crippen LogP contribution in [0.3, 0.4) is 0 Å². The van der Waals surface area contributed by atoms with Crippen LogP contribution in [-0.4, -0.2) is 46.2 Å². The van der Waals surface area contributed by atoms with Crippen molar-refractivity contribution >= 4 is 11.8 Å². The number of carbonyl (C=O) groups is 2. The van der Waals surface area contributed by atoms with Gasteiger partial charge in [-0.05, 0) is 55.5 Å². The fourth-order valence-electron chi connectivity index (χ4n) is 4.24. The molecule has 0 spiro atoms. The summed E-state index contributed by atoms with van der Waals surface area (Å²) in [4.78, 5) is 26.9. The normalized spacial score (nSPS) is 18.9. The Morgan fingerprint density at radius 3 is 2.65 bits per heavy atom. The highest BCUT2D eigenvalue weighted by Gasteiger charge is 2.40. The maximum Gasteiger partial charge on any atom is 0.272 e. The molecule has 1 aliphatic rings. The molecule has 1 atom stereocenters. The third kappa shape index (κ3) is 5.83.